The Morgan fingerprint density at radius 3 is 2.64 bits per heavy atom. The average Bonchev–Trinajstić information content (AvgIpc) is 2.39. The van der Waals surface area contributed by atoms with Gasteiger partial charge >= 0.3 is 12.1 Å². The van der Waals surface area contributed by atoms with E-state index in [1.807, 2.05) is 6.07 Å². The number of ether oxygens (including phenoxy) is 2. The molecule has 1 unspecified atom stereocenters. The SMILES string of the molecule is Cc1c(NC(=O)OC(C)(C)C)ccc2c1OC(C(=O)O)CC2. The van der Waals surface area contributed by atoms with Crippen molar-refractivity contribution in [1.82, 2.24) is 0 Å². The van der Waals surface area contributed by atoms with Crippen molar-refractivity contribution in [3.8, 4) is 5.75 Å². The van der Waals surface area contributed by atoms with Crippen LogP contribution in [0, 0.1) is 6.92 Å². The lowest BCUT2D eigenvalue weighted by Gasteiger charge is -2.26. The lowest BCUT2D eigenvalue weighted by Crippen LogP contribution is -2.31. The van der Waals surface area contributed by atoms with Crippen molar-refractivity contribution in [2.45, 2.75) is 52.2 Å². The number of carboxylic acid groups (broad SMARTS) is 1. The molecule has 0 saturated heterocycles. The smallest absolute Gasteiger partial charge is 0.412 e. The number of carbonyl (C=O) groups is 2. The van der Waals surface area contributed by atoms with Crippen molar-refractivity contribution in [2.75, 3.05) is 5.32 Å². The second-order valence-electron chi connectivity index (χ2n) is 6.34. The van der Waals surface area contributed by atoms with Crippen LogP contribution in [0.25, 0.3) is 0 Å². The molecule has 1 atom stereocenters. The minimum atomic E-state index is -0.976. The summed E-state index contributed by atoms with van der Waals surface area (Å²) >= 11 is 0. The third-order valence-electron chi connectivity index (χ3n) is 3.33. The molecule has 0 radical (unpaired) electrons. The predicted octanol–water partition coefficient (Wildman–Crippen LogP) is 3.12. The molecule has 6 nitrogen and oxygen atoms in total. The number of rotatable bonds is 2. The van der Waals surface area contributed by atoms with Gasteiger partial charge in [-0.05, 0) is 52.2 Å². The fraction of sp³-hybridized carbons (Fsp3) is 0.500. The number of aryl methyl sites for hydroxylation is 1. The number of amides is 1. The number of carboxylic acids is 1. The van der Waals surface area contributed by atoms with Crippen molar-refractivity contribution in [3.05, 3.63) is 23.3 Å². The van der Waals surface area contributed by atoms with E-state index in [0.717, 1.165) is 5.56 Å². The molecule has 22 heavy (non-hydrogen) atoms. The van der Waals surface area contributed by atoms with Crippen LogP contribution in [0.1, 0.15) is 38.3 Å². The molecule has 0 aromatic heterocycles. The number of fused-ring (bicyclic) bond motifs is 1. The second-order valence-corrected chi connectivity index (χ2v) is 6.34. The van der Waals surface area contributed by atoms with Gasteiger partial charge in [-0.3, -0.25) is 5.32 Å². The van der Waals surface area contributed by atoms with Gasteiger partial charge in [0.2, 0.25) is 0 Å². The van der Waals surface area contributed by atoms with Gasteiger partial charge in [0.25, 0.3) is 0 Å². The van der Waals surface area contributed by atoms with E-state index >= 15 is 0 Å². The first-order valence-electron chi connectivity index (χ1n) is 7.19. The summed E-state index contributed by atoms with van der Waals surface area (Å²) < 4.78 is 10.8. The van der Waals surface area contributed by atoms with Crippen molar-refractivity contribution in [3.63, 3.8) is 0 Å². The first-order chi connectivity index (χ1) is 10.2. The lowest BCUT2D eigenvalue weighted by atomic mass is 9.98. The number of aliphatic carboxylic acids is 1. The van der Waals surface area contributed by atoms with Gasteiger partial charge in [-0.25, -0.2) is 9.59 Å². The molecule has 0 saturated carbocycles. The Hall–Kier alpha value is -2.24. The number of benzene rings is 1. The molecular formula is C16H21NO5. The van der Waals surface area contributed by atoms with E-state index in [-0.39, 0.29) is 0 Å². The van der Waals surface area contributed by atoms with Crippen LogP contribution in [-0.4, -0.2) is 28.9 Å². The Labute approximate surface area is 129 Å². The molecule has 120 valence electrons. The highest BCUT2D eigenvalue weighted by Crippen LogP contribution is 2.35. The molecule has 1 aliphatic heterocycles. The normalized spacial score (nSPS) is 17.2. The molecule has 0 bridgehead atoms. The van der Waals surface area contributed by atoms with Gasteiger partial charge in [-0.2, -0.15) is 0 Å². The summed E-state index contributed by atoms with van der Waals surface area (Å²) in [6.07, 6.45) is -0.315. The van der Waals surface area contributed by atoms with Crippen LogP contribution >= 0.6 is 0 Å². The molecule has 2 N–H and O–H groups in total. The van der Waals surface area contributed by atoms with Crippen LogP contribution in [-0.2, 0) is 16.0 Å². The molecular weight excluding hydrogens is 286 g/mol. The average molecular weight is 307 g/mol. The Balaban J connectivity index is 2.20. The number of anilines is 1. The predicted molar refractivity (Wildman–Crippen MR) is 81.4 cm³/mol. The van der Waals surface area contributed by atoms with Crippen LogP contribution in [0.3, 0.4) is 0 Å². The van der Waals surface area contributed by atoms with E-state index in [9.17, 15) is 9.59 Å². The minimum Gasteiger partial charge on any atom is -0.479 e. The fourth-order valence-corrected chi connectivity index (χ4v) is 2.32. The maximum Gasteiger partial charge on any atom is 0.412 e. The zero-order chi connectivity index (χ0) is 16.5. The maximum atomic E-state index is 11.9. The van der Waals surface area contributed by atoms with Crippen molar-refractivity contribution in [1.29, 1.82) is 0 Å². The topological polar surface area (TPSA) is 84.9 Å². The molecule has 6 heteroatoms. The van der Waals surface area contributed by atoms with Crippen LogP contribution in [0.15, 0.2) is 12.1 Å². The zero-order valence-corrected chi connectivity index (χ0v) is 13.2. The molecule has 1 heterocycles. The van der Waals surface area contributed by atoms with Gasteiger partial charge < -0.3 is 14.6 Å². The second kappa shape index (κ2) is 5.87. The number of hydrogen-bond donors (Lipinski definition) is 2. The van der Waals surface area contributed by atoms with Gasteiger partial charge in [0.15, 0.2) is 6.10 Å². The molecule has 1 amide bonds. The highest BCUT2D eigenvalue weighted by atomic mass is 16.6. The standard InChI is InChI=1S/C16H21NO5/c1-9-11(17-15(20)22-16(2,3)4)7-5-10-6-8-12(14(18)19)21-13(9)10/h5,7,12H,6,8H2,1-4H3,(H,17,20)(H,18,19). The maximum absolute atomic E-state index is 11.9. The lowest BCUT2D eigenvalue weighted by molar-refractivity contribution is -0.145. The van der Waals surface area contributed by atoms with Gasteiger partial charge in [0, 0.05) is 5.56 Å². The van der Waals surface area contributed by atoms with E-state index in [4.69, 9.17) is 14.6 Å². The molecule has 1 aliphatic rings. The van der Waals surface area contributed by atoms with Crippen LogP contribution in [0.5, 0.6) is 5.75 Å². The van der Waals surface area contributed by atoms with Crippen molar-refractivity contribution >= 4 is 17.7 Å². The fourth-order valence-electron chi connectivity index (χ4n) is 2.32. The Morgan fingerprint density at radius 1 is 1.36 bits per heavy atom. The van der Waals surface area contributed by atoms with Crippen LogP contribution in [0.2, 0.25) is 0 Å². The number of hydrogen-bond acceptors (Lipinski definition) is 4. The van der Waals surface area contributed by atoms with Gasteiger partial charge in [0.1, 0.15) is 11.4 Å². The first-order valence-corrected chi connectivity index (χ1v) is 7.19. The Kier molecular flexibility index (Phi) is 4.30. The van der Waals surface area contributed by atoms with Crippen LogP contribution < -0.4 is 10.1 Å². The number of carbonyl (C=O) groups excluding carboxylic acids is 1. The zero-order valence-electron chi connectivity index (χ0n) is 13.2. The van der Waals surface area contributed by atoms with Gasteiger partial charge in [-0.15, -0.1) is 0 Å². The number of nitrogens with one attached hydrogen (secondary N) is 1. The van der Waals surface area contributed by atoms with Crippen molar-refractivity contribution < 1.29 is 24.2 Å². The highest BCUT2D eigenvalue weighted by molar-refractivity contribution is 5.87. The summed E-state index contributed by atoms with van der Waals surface area (Å²) in [4.78, 5) is 22.9. The molecule has 1 aromatic carbocycles. The third-order valence-corrected chi connectivity index (χ3v) is 3.33. The summed E-state index contributed by atoms with van der Waals surface area (Å²) in [5.74, 6) is -0.442. The molecule has 1 aromatic rings. The largest absolute Gasteiger partial charge is 0.479 e. The van der Waals surface area contributed by atoms with Crippen LogP contribution in [0.4, 0.5) is 10.5 Å². The Morgan fingerprint density at radius 2 is 2.05 bits per heavy atom. The summed E-state index contributed by atoms with van der Waals surface area (Å²) in [6, 6.07) is 3.62. The van der Waals surface area contributed by atoms with E-state index in [0.29, 0.717) is 29.8 Å². The monoisotopic (exact) mass is 307 g/mol. The molecule has 2 rings (SSSR count). The van der Waals surface area contributed by atoms with E-state index < -0.39 is 23.8 Å². The Bertz CT molecular complexity index is 603. The van der Waals surface area contributed by atoms with E-state index in [2.05, 4.69) is 5.32 Å². The van der Waals surface area contributed by atoms with Gasteiger partial charge in [-0.1, -0.05) is 6.07 Å². The first kappa shape index (κ1) is 16.1. The third kappa shape index (κ3) is 3.69. The highest BCUT2D eigenvalue weighted by Gasteiger charge is 2.28. The summed E-state index contributed by atoms with van der Waals surface area (Å²) in [7, 11) is 0. The molecule has 0 fully saturated rings. The minimum absolute atomic E-state index is 0.445. The van der Waals surface area contributed by atoms with E-state index in [1.165, 1.54) is 0 Å². The van der Waals surface area contributed by atoms with E-state index in [1.54, 1.807) is 33.8 Å². The van der Waals surface area contributed by atoms with Crippen molar-refractivity contribution in [2.24, 2.45) is 0 Å². The summed E-state index contributed by atoms with van der Waals surface area (Å²) in [5.41, 5.74) is 1.62. The molecule has 0 spiro atoms. The van der Waals surface area contributed by atoms with Gasteiger partial charge in [0.05, 0.1) is 5.69 Å². The summed E-state index contributed by atoms with van der Waals surface area (Å²) in [6.45, 7) is 7.14. The molecule has 0 aliphatic carbocycles. The summed E-state index contributed by atoms with van der Waals surface area (Å²) in [5, 5.41) is 11.8. The quantitative estimate of drug-likeness (QED) is 0.877.